The fourth-order valence-corrected chi connectivity index (χ4v) is 4.35. The van der Waals surface area contributed by atoms with Crippen LogP contribution in [0.3, 0.4) is 0 Å². The molecule has 2 N–H and O–H groups in total. The molecule has 0 saturated heterocycles. The van der Waals surface area contributed by atoms with Crippen molar-refractivity contribution in [3.8, 4) is 28.4 Å². The molecule has 0 aliphatic heterocycles. The number of amides is 1. The van der Waals surface area contributed by atoms with Crippen molar-refractivity contribution in [2.24, 2.45) is 0 Å². The fraction of sp³-hybridized carbons (Fsp3) is 0.0938. The number of aliphatic carboxylic acids is 1. The van der Waals surface area contributed by atoms with E-state index in [-0.39, 0.29) is 23.6 Å². The number of rotatable bonds is 9. The third kappa shape index (κ3) is 7.22. The Morgan fingerprint density at radius 1 is 0.786 bits per heavy atom. The Balaban J connectivity index is 1.32. The summed E-state index contributed by atoms with van der Waals surface area (Å²) in [7, 11) is 0. The largest absolute Gasteiger partial charge is 0.573 e. The van der Waals surface area contributed by atoms with Crippen LogP contribution in [0.1, 0.15) is 28.5 Å². The number of halogens is 3. The minimum atomic E-state index is -4.79. The predicted molar refractivity (Wildman–Crippen MR) is 149 cm³/mol. The van der Waals surface area contributed by atoms with Crippen molar-refractivity contribution in [3.05, 3.63) is 121 Å². The smallest absolute Gasteiger partial charge is 0.481 e. The molecule has 0 aliphatic carbocycles. The van der Waals surface area contributed by atoms with E-state index in [4.69, 9.17) is 4.74 Å². The van der Waals surface area contributed by atoms with Gasteiger partial charge in [0, 0.05) is 11.6 Å². The number of carbonyl (C=O) groups excluding carboxylic acids is 1. The first kappa shape index (κ1) is 28.2. The lowest BCUT2D eigenvalue weighted by molar-refractivity contribution is -0.274. The highest BCUT2D eigenvalue weighted by Gasteiger charge is 2.31. The van der Waals surface area contributed by atoms with Crippen LogP contribution in [0.15, 0.2) is 109 Å². The zero-order chi connectivity index (χ0) is 29.7. The van der Waals surface area contributed by atoms with Crippen molar-refractivity contribution < 1.29 is 37.3 Å². The molecule has 5 rings (SSSR count). The van der Waals surface area contributed by atoms with Gasteiger partial charge in [-0.15, -0.1) is 13.2 Å². The summed E-state index contributed by atoms with van der Waals surface area (Å²) in [5.41, 5.74) is 2.68. The lowest BCUT2D eigenvalue weighted by atomic mass is 9.99. The van der Waals surface area contributed by atoms with E-state index in [1.54, 1.807) is 36.4 Å². The molecule has 1 heterocycles. The first-order chi connectivity index (χ1) is 20.1. The maximum Gasteiger partial charge on any atom is 0.573 e. The van der Waals surface area contributed by atoms with Crippen LogP contribution < -0.4 is 14.8 Å². The van der Waals surface area contributed by atoms with E-state index in [2.05, 4.69) is 15.0 Å². The number of pyridine rings is 1. The molecule has 0 bridgehead atoms. The summed E-state index contributed by atoms with van der Waals surface area (Å²) in [5, 5.41) is 13.6. The van der Waals surface area contributed by atoms with Crippen molar-refractivity contribution >= 4 is 22.6 Å². The zero-order valence-corrected chi connectivity index (χ0v) is 21.8. The Morgan fingerprint density at radius 3 is 2.10 bits per heavy atom. The van der Waals surface area contributed by atoms with Crippen molar-refractivity contribution in [2.45, 2.75) is 18.8 Å². The predicted octanol–water partition coefficient (Wildman–Crippen LogP) is 7.54. The van der Waals surface area contributed by atoms with Gasteiger partial charge < -0.3 is 19.9 Å². The van der Waals surface area contributed by atoms with Gasteiger partial charge in [0.2, 0.25) is 0 Å². The number of hydrogen-bond acceptors (Lipinski definition) is 5. The van der Waals surface area contributed by atoms with E-state index in [0.717, 1.165) is 23.3 Å². The van der Waals surface area contributed by atoms with Crippen LogP contribution in [0.5, 0.6) is 17.2 Å². The van der Waals surface area contributed by atoms with E-state index in [1.165, 1.54) is 18.3 Å². The molecule has 0 saturated carbocycles. The van der Waals surface area contributed by atoms with Crippen LogP contribution >= 0.6 is 0 Å². The van der Waals surface area contributed by atoms with Gasteiger partial charge in [-0.05, 0) is 70.6 Å². The molecule has 0 fully saturated rings. The third-order valence-electron chi connectivity index (χ3n) is 6.32. The number of alkyl halides is 3. The average Bonchev–Trinajstić information content (AvgIpc) is 2.97. The van der Waals surface area contributed by atoms with Crippen molar-refractivity contribution in [2.75, 3.05) is 0 Å². The van der Waals surface area contributed by atoms with Gasteiger partial charge in [0.1, 0.15) is 22.9 Å². The number of nitrogens with zero attached hydrogens (tertiary/aromatic N) is 1. The minimum Gasteiger partial charge on any atom is -0.481 e. The lowest BCUT2D eigenvalue weighted by Crippen LogP contribution is -2.30. The van der Waals surface area contributed by atoms with Gasteiger partial charge in [-0.25, -0.2) is 0 Å². The van der Waals surface area contributed by atoms with Crippen molar-refractivity contribution in [1.29, 1.82) is 0 Å². The number of fused-ring (bicyclic) bond motifs is 1. The number of carboxylic acids is 1. The SMILES string of the molecule is O=C(O)CC(NC(=O)c1cc2cc(Oc3ccc(OC(F)(F)F)cc3)ccc2cn1)c1ccc(-c2ccccc2)cc1. The number of ether oxygens (including phenoxy) is 2. The Hall–Kier alpha value is -5.38. The molecule has 10 heteroatoms. The Labute approximate surface area is 238 Å². The molecule has 212 valence electrons. The molecule has 42 heavy (non-hydrogen) atoms. The highest BCUT2D eigenvalue weighted by molar-refractivity contribution is 5.97. The summed E-state index contributed by atoms with van der Waals surface area (Å²) >= 11 is 0. The van der Waals surface area contributed by atoms with Gasteiger partial charge in [-0.2, -0.15) is 0 Å². The molecule has 1 unspecified atom stereocenters. The number of aromatic nitrogens is 1. The average molecular weight is 573 g/mol. The zero-order valence-electron chi connectivity index (χ0n) is 21.8. The first-order valence-electron chi connectivity index (χ1n) is 12.7. The highest BCUT2D eigenvalue weighted by Crippen LogP contribution is 2.29. The number of carbonyl (C=O) groups is 2. The second-order valence-electron chi connectivity index (χ2n) is 9.31. The highest BCUT2D eigenvalue weighted by atomic mass is 19.4. The minimum absolute atomic E-state index is 0.0737. The van der Waals surface area contributed by atoms with E-state index in [0.29, 0.717) is 22.1 Å². The first-order valence-corrected chi connectivity index (χ1v) is 12.7. The number of carboxylic acid groups (broad SMARTS) is 1. The molecular weight excluding hydrogens is 549 g/mol. The topological polar surface area (TPSA) is 97.8 Å². The standard InChI is InChI=1S/C32H23F3N2O5/c33-32(34,35)42-26-14-12-25(13-15-26)41-27-11-10-23-19-36-29(17-24(23)16-27)31(40)37-28(18-30(38)39)22-8-6-21(7-9-22)20-4-2-1-3-5-20/h1-17,19,28H,18H2,(H,37,40)(H,38,39). The monoisotopic (exact) mass is 572 g/mol. The molecule has 4 aromatic carbocycles. The number of nitrogens with one attached hydrogen (secondary N) is 1. The van der Waals surface area contributed by atoms with Crippen LogP contribution in [0, 0.1) is 0 Å². The van der Waals surface area contributed by atoms with Gasteiger partial charge in [-0.3, -0.25) is 14.6 Å². The van der Waals surface area contributed by atoms with Crippen LogP contribution in [-0.2, 0) is 4.79 Å². The number of hydrogen-bond donors (Lipinski definition) is 2. The van der Waals surface area contributed by atoms with Gasteiger partial charge in [0.05, 0.1) is 12.5 Å². The van der Waals surface area contributed by atoms with E-state index in [9.17, 15) is 27.9 Å². The van der Waals surface area contributed by atoms with Gasteiger partial charge in [0.15, 0.2) is 0 Å². The summed E-state index contributed by atoms with van der Waals surface area (Å²) < 4.78 is 46.8. The van der Waals surface area contributed by atoms with Gasteiger partial charge in [0.25, 0.3) is 5.91 Å². The fourth-order valence-electron chi connectivity index (χ4n) is 4.35. The van der Waals surface area contributed by atoms with Crippen LogP contribution in [0.4, 0.5) is 13.2 Å². The maximum absolute atomic E-state index is 13.2. The molecule has 1 atom stereocenters. The van der Waals surface area contributed by atoms with Crippen LogP contribution in [0.2, 0.25) is 0 Å². The lowest BCUT2D eigenvalue weighted by Gasteiger charge is -2.18. The molecule has 0 aliphatic rings. The Kier molecular flexibility index (Phi) is 8.05. The second kappa shape index (κ2) is 12.0. The van der Waals surface area contributed by atoms with Gasteiger partial charge >= 0.3 is 12.3 Å². The summed E-state index contributed by atoms with van der Waals surface area (Å²) in [4.78, 5) is 29.0. The van der Waals surface area contributed by atoms with Crippen molar-refractivity contribution in [1.82, 2.24) is 10.3 Å². The Bertz CT molecular complexity index is 1710. The molecule has 0 spiro atoms. The van der Waals surface area contributed by atoms with Gasteiger partial charge in [-0.1, -0.05) is 54.6 Å². The van der Waals surface area contributed by atoms with Crippen LogP contribution in [-0.4, -0.2) is 28.3 Å². The molecule has 7 nitrogen and oxygen atoms in total. The Morgan fingerprint density at radius 2 is 1.43 bits per heavy atom. The maximum atomic E-state index is 13.2. The summed E-state index contributed by atoms with van der Waals surface area (Å²) in [6, 6.07) is 27.8. The van der Waals surface area contributed by atoms with E-state index < -0.39 is 24.3 Å². The summed E-state index contributed by atoms with van der Waals surface area (Å²) in [6.45, 7) is 0. The van der Waals surface area contributed by atoms with E-state index in [1.807, 2.05) is 42.5 Å². The van der Waals surface area contributed by atoms with Crippen LogP contribution in [0.25, 0.3) is 21.9 Å². The molecule has 1 aromatic heterocycles. The molecule has 0 radical (unpaired) electrons. The van der Waals surface area contributed by atoms with E-state index >= 15 is 0 Å². The van der Waals surface area contributed by atoms with Crippen molar-refractivity contribution in [3.63, 3.8) is 0 Å². The quantitative estimate of drug-likeness (QED) is 0.189. The molecule has 5 aromatic rings. The summed E-state index contributed by atoms with van der Waals surface area (Å²) in [6.07, 6.45) is -3.60. The summed E-state index contributed by atoms with van der Waals surface area (Å²) in [5.74, 6) is -1.33. The number of benzene rings is 4. The third-order valence-corrected chi connectivity index (χ3v) is 6.32. The normalized spacial score (nSPS) is 12.0. The molecular formula is C32H23F3N2O5. The second-order valence-corrected chi connectivity index (χ2v) is 9.31. The molecule has 1 amide bonds.